The van der Waals surface area contributed by atoms with Crippen molar-refractivity contribution in [3.63, 3.8) is 0 Å². The van der Waals surface area contributed by atoms with Crippen molar-refractivity contribution >= 4 is 29.2 Å². The fraction of sp³-hybridized carbons (Fsp3) is 0.500. The first-order valence-electron chi connectivity index (χ1n) is 7.07. The number of nitrogens with zero attached hydrogens (tertiary/aromatic N) is 2. The van der Waals surface area contributed by atoms with Gasteiger partial charge < -0.3 is 10.6 Å². The molecule has 20 heavy (non-hydrogen) atoms. The summed E-state index contributed by atoms with van der Waals surface area (Å²) in [7, 11) is 2.01. The molecule has 2 N–H and O–H groups in total. The monoisotopic (exact) mass is 293 g/mol. The second kappa shape index (κ2) is 9.48. The van der Waals surface area contributed by atoms with Crippen LogP contribution in [0.2, 0.25) is 0 Å². The Labute approximate surface area is 128 Å². The standard InChI is InChI=1S/C14H21N3S.C2H6/c1-5-17(4)9-16-14-10(2)6-12(7-11(14)3)8-13(15)18;1-2/h6-7,9H,5,8H2,1-4H3,(H2,15,18);1-2H3. The van der Waals surface area contributed by atoms with Crippen LogP contribution >= 0.6 is 12.2 Å². The Balaban J connectivity index is 0.00000172. The second-order valence-corrected chi connectivity index (χ2v) is 5.06. The zero-order valence-electron chi connectivity index (χ0n) is 13.5. The maximum Gasteiger partial charge on any atom is 0.0909 e. The lowest BCUT2D eigenvalue weighted by atomic mass is 10.0. The molecule has 0 heterocycles. The van der Waals surface area contributed by atoms with E-state index in [0.717, 1.165) is 28.9 Å². The van der Waals surface area contributed by atoms with Gasteiger partial charge in [0.25, 0.3) is 0 Å². The van der Waals surface area contributed by atoms with Gasteiger partial charge in [0.1, 0.15) is 0 Å². The van der Waals surface area contributed by atoms with Crippen LogP contribution in [0.15, 0.2) is 17.1 Å². The third kappa shape index (κ3) is 6.15. The van der Waals surface area contributed by atoms with Crippen molar-refractivity contribution in [2.45, 2.75) is 41.0 Å². The summed E-state index contributed by atoms with van der Waals surface area (Å²) in [5, 5.41) is 0. The molecule has 1 rings (SSSR count). The highest BCUT2D eigenvalue weighted by Crippen LogP contribution is 2.25. The van der Waals surface area contributed by atoms with Crippen molar-refractivity contribution in [2.24, 2.45) is 10.7 Å². The lowest BCUT2D eigenvalue weighted by molar-refractivity contribution is 0.552. The molecule has 0 aliphatic carbocycles. The smallest absolute Gasteiger partial charge is 0.0909 e. The number of rotatable bonds is 5. The fourth-order valence-corrected chi connectivity index (χ4v) is 1.96. The summed E-state index contributed by atoms with van der Waals surface area (Å²) in [5.41, 5.74) is 10.1. The number of nitrogens with two attached hydrogens (primary N) is 1. The zero-order chi connectivity index (χ0) is 15.7. The maximum absolute atomic E-state index is 5.57. The summed E-state index contributed by atoms with van der Waals surface area (Å²) >= 11 is 4.94. The number of aryl methyl sites for hydroxylation is 2. The second-order valence-electron chi connectivity index (χ2n) is 4.54. The number of hydrogen-bond donors (Lipinski definition) is 1. The van der Waals surface area contributed by atoms with Crippen LogP contribution in [0.25, 0.3) is 0 Å². The first-order chi connectivity index (χ1) is 9.43. The van der Waals surface area contributed by atoms with E-state index in [1.54, 1.807) is 0 Å². The quantitative estimate of drug-likeness (QED) is 0.510. The number of benzene rings is 1. The minimum atomic E-state index is 0.524. The van der Waals surface area contributed by atoms with Crippen LogP contribution in [-0.2, 0) is 6.42 Å². The van der Waals surface area contributed by atoms with E-state index in [0.29, 0.717) is 11.4 Å². The topological polar surface area (TPSA) is 41.6 Å². The van der Waals surface area contributed by atoms with E-state index in [1.807, 2.05) is 32.1 Å². The van der Waals surface area contributed by atoms with Gasteiger partial charge in [-0.15, -0.1) is 0 Å². The molecule has 112 valence electrons. The molecule has 0 aromatic heterocycles. The molecule has 0 aliphatic rings. The Kier molecular flexibility index (Phi) is 8.81. The van der Waals surface area contributed by atoms with E-state index in [9.17, 15) is 0 Å². The van der Waals surface area contributed by atoms with Gasteiger partial charge in [0.05, 0.1) is 17.0 Å². The largest absolute Gasteiger partial charge is 0.393 e. The summed E-state index contributed by atoms with van der Waals surface area (Å²) in [6.45, 7) is 11.2. The highest BCUT2D eigenvalue weighted by Gasteiger charge is 2.05. The predicted octanol–water partition coefficient (Wildman–Crippen LogP) is 3.77. The first-order valence-corrected chi connectivity index (χ1v) is 7.47. The zero-order valence-corrected chi connectivity index (χ0v) is 14.3. The van der Waals surface area contributed by atoms with Gasteiger partial charge in [0.15, 0.2) is 0 Å². The molecular formula is C16H27N3S. The van der Waals surface area contributed by atoms with Crippen molar-refractivity contribution in [1.82, 2.24) is 4.90 Å². The Morgan fingerprint density at radius 2 is 1.80 bits per heavy atom. The van der Waals surface area contributed by atoms with Crippen molar-refractivity contribution in [2.75, 3.05) is 13.6 Å². The molecule has 0 saturated heterocycles. The van der Waals surface area contributed by atoms with Crippen LogP contribution in [0.4, 0.5) is 5.69 Å². The SMILES string of the molecule is CC.CCN(C)C=Nc1c(C)cc(CC(N)=S)cc1C. The van der Waals surface area contributed by atoms with E-state index in [2.05, 4.69) is 37.9 Å². The molecule has 1 aromatic carbocycles. The predicted molar refractivity (Wildman–Crippen MR) is 94.2 cm³/mol. The average molecular weight is 293 g/mol. The number of aliphatic imine (C=N–C) groups is 1. The first kappa shape index (κ1) is 18.6. The van der Waals surface area contributed by atoms with E-state index in [1.165, 1.54) is 0 Å². The lowest BCUT2D eigenvalue weighted by Gasteiger charge is -2.11. The maximum atomic E-state index is 5.57. The molecule has 1 aromatic rings. The lowest BCUT2D eigenvalue weighted by Crippen LogP contribution is -2.14. The molecule has 0 spiro atoms. The van der Waals surface area contributed by atoms with Gasteiger partial charge in [-0.05, 0) is 37.5 Å². The molecule has 0 bridgehead atoms. The fourth-order valence-electron chi connectivity index (χ4n) is 1.79. The van der Waals surface area contributed by atoms with Crippen LogP contribution in [0.3, 0.4) is 0 Å². The Hall–Kier alpha value is -1.42. The molecule has 0 fully saturated rings. The molecule has 0 amide bonds. The van der Waals surface area contributed by atoms with Crippen molar-refractivity contribution in [3.8, 4) is 0 Å². The summed E-state index contributed by atoms with van der Waals surface area (Å²) in [4.78, 5) is 7.10. The van der Waals surface area contributed by atoms with E-state index < -0.39 is 0 Å². The summed E-state index contributed by atoms with van der Waals surface area (Å²) in [6, 6.07) is 4.20. The molecule has 0 unspecified atom stereocenters. The third-order valence-electron chi connectivity index (χ3n) is 2.81. The van der Waals surface area contributed by atoms with E-state index in [-0.39, 0.29) is 0 Å². The molecular weight excluding hydrogens is 266 g/mol. The van der Waals surface area contributed by atoms with Crippen LogP contribution < -0.4 is 5.73 Å². The van der Waals surface area contributed by atoms with Gasteiger partial charge in [-0.3, -0.25) is 0 Å². The van der Waals surface area contributed by atoms with Crippen LogP contribution in [0, 0.1) is 13.8 Å². The Morgan fingerprint density at radius 1 is 1.30 bits per heavy atom. The van der Waals surface area contributed by atoms with Gasteiger partial charge in [0.2, 0.25) is 0 Å². The van der Waals surface area contributed by atoms with Crippen LogP contribution in [-0.4, -0.2) is 29.8 Å². The molecule has 0 atom stereocenters. The molecule has 4 heteroatoms. The Bertz CT molecular complexity index is 444. The molecule has 0 saturated carbocycles. The molecule has 0 radical (unpaired) electrons. The van der Waals surface area contributed by atoms with Crippen molar-refractivity contribution in [3.05, 3.63) is 28.8 Å². The summed E-state index contributed by atoms with van der Waals surface area (Å²) < 4.78 is 0. The average Bonchev–Trinajstić information content (AvgIpc) is 2.39. The van der Waals surface area contributed by atoms with Gasteiger partial charge >= 0.3 is 0 Å². The van der Waals surface area contributed by atoms with E-state index >= 15 is 0 Å². The van der Waals surface area contributed by atoms with Gasteiger partial charge in [-0.1, -0.05) is 38.2 Å². The van der Waals surface area contributed by atoms with Crippen molar-refractivity contribution in [1.29, 1.82) is 0 Å². The van der Waals surface area contributed by atoms with Gasteiger partial charge in [0, 0.05) is 20.0 Å². The normalized spacial score (nSPS) is 10.1. The summed E-state index contributed by atoms with van der Waals surface area (Å²) in [6.07, 6.45) is 2.51. The van der Waals surface area contributed by atoms with Crippen molar-refractivity contribution < 1.29 is 0 Å². The molecule has 0 aliphatic heterocycles. The minimum Gasteiger partial charge on any atom is -0.393 e. The minimum absolute atomic E-state index is 0.524. The molecule has 3 nitrogen and oxygen atoms in total. The van der Waals surface area contributed by atoms with Gasteiger partial charge in [-0.2, -0.15) is 0 Å². The van der Waals surface area contributed by atoms with E-state index in [4.69, 9.17) is 18.0 Å². The highest BCUT2D eigenvalue weighted by molar-refractivity contribution is 7.80. The Morgan fingerprint density at radius 3 is 2.20 bits per heavy atom. The highest BCUT2D eigenvalue weighted by atomic mass is 32.1. The third-order valence-corrected chi connectivity index (χ3v) is 2.96. The number of hydrogen-bond acceptors (Lipinski definition) is 2. The number of thiocarbonyl (C=S) groups is 1. The van der Waals surface area contributed by atoms with Crippen LogP contribution in [0.1, 0.15) is 37.5 Å². The summed E-state index contributed by atoms with van der Waals surface area (Å²) in [5.74, 6) is 0. The van der Waals surface area contributed by atoms with Gasteiger partial charge in [-0.25, -0.2) is 4.99 Å². The van der Waals surface area contributed by atoms with Crippen LogP contribution in [0.5, 0.6) is 0 Å².